The van der Waals surface area contributed by atoms with Crippen LogP contribution in [-0.2, 0) is 50.0 Å². The van der Waals surface area contributed by atoms with Crippen molar-refractivity contribution in [2.45, 2.75) is 96.0 Å². The van der Waals surface area contributed by atoms with Crippen molar-refractivity contribution >= 4 is 64.2 Å². The summed E-state index contributed by atoms with van der Waals surface area (Å²) in [5.41, 5.74) is 7.90. The molecule has 5 N–H and O–H groups in total. The number of hydrogen-bond acceptors (Lipinski definition) is 14. The fourth-order valence-corrected chi connectivity index (χ4v) is 9.77. The summed E-state index contributed by atoms with van der Waals surface area (Å²) < 4.78 is 29.1. The Kier molecular flexibility index (Phi) is 14.8. The van der Waals surface area contributed by atoms with Crippen LogP contribution in [0.2, 0.25) is 0 Å². The van der Waals surface area contributed by atoms with Crippen LogP contribution in [-0.4, -0.2) is 93.0 Å². The van der Waals surface area contributed by atoms with Crippen molar-refractivity contribution < 1.29 is 52.8 Å². The predicted molar refractivity (Wildman–Crippen MR) is 274 cm³/mol. The molecule has 5 aromatic rings. The second kappa shape index (κ2) is 21.7. The molecule has 18 nitrogen and oxygen atoms in total. The second-order valence-corrected chi connectivity index (χ2v) is 18.5. The van der Waals surface area contributed by atoms with Gasteiger partial charge in [-0.25, -0.2) is 0 Å². The van der Waals surface area contributed by atoms with E-state index in [4.69, 9.17) is 23.9 Å². The first-order chi connectivity index (χ1) is 35.3. The van der Waals surface area contributed by atoms with Gasteiger partial charge in [-0.05, 0) is 97.8 Å². The van der Waals surface area contributed by atoms with Crippen LogP contribution in [0.15, 0.2) is 96.0 Å². The lowest BCUT2D eigenvalue weighted by Crippen LogP contribution is -2.50. The first-order valence-electron chi connectivity index (χ1n) is 24.4. The number of aliphatic hydroxyl groups is 1. The first kappa shape index (κ1) is 49.8. The number of benzene rings is 5. The minimum Gasteiger partial charge on any atom is -0.493 e. The smallest absolute Gasteiger partial charge is 0.305 e. The fraction of sp³-hybridized carbons (Fsp3) is 0.345. The molecule has 5 aromatic carbocycles. The van der Waals surface area contributed by atoms with Gasteiger partial charge in [0, 0.05) is 66.8 Å². The third-order valence-corrected chi connectivity index (χ3v) is 13.5. The summed E-state index contributed by atoms with van der Waals surface area (Å²) in [6.07, 6.45) is 3.50. The number of para-hydroxylation sites is 2. The highest BCUT2D eigenvalue weighted by Gasteiger charge is 2.39. The maximum atomic E-state index is 14.1. The third kappa shape index (κ3) is 10.7. The van der Waals surface area contributed by atoms with Crippen molar-refractivity contribution in [1.29, 1.82) is 0 Å². The van der Waals surface area contributed by atoms with Crippen molar-refractivity contribution in [3.05, 3.63) is 124 Å². The normalized spacial score (nSPS) is 17.6. The molecule has 0 aromatic heterocycles. The van der Waals surface area contributed by atoms with E-state index in [9.17, 15) is 29.1 Å². The molecule has 380 valence electrons. The predicted octanol–water partition coefficient (Wildman–Crippen LogP) is 6.68. The van der Waals surface area contributed by atoms with Crippen molar-refractivity contribution in [1.82, 2.24) is 10.6 Å². The minimum absolute atomic E-state index is 0.00142. The van der Waals surface area contributed by atoms with Gasteiger partial charge in [-0.15, -0.1) is 0 Å². The van der Waals surface area contributed by atoms with Crippen LogP contribution in [0.3, 0.4) is 0 Å². The average Bonchev–Trinajstić information content (AvgIpc) is 3.89. The Morgan fingerprint density at radius 3 is 2.11 bits per heavy atom. The Labute approximate surface area is 423 Å². The van der Waals surface area contributed by atoms with Crippen LogP contribution in [0.5, 0.6) is 23.0 Å². The molecule has 0 saturated heterocycles. The summed E-state index contributed by atoms with van der Waals surface area (Å²) in [7, 11) is 4.34. The Balaban J connectivity index is 0.930. The number of carbonyl (C=O) groups excluding carboxylic acids is 5. The lowest BCUT2D eigenvalue weighted by atomic mass is 10.1. The summed E-state index contributed by atoms with van der Waals surface area (Å²) in [5.74, 6) is -0.451. The lowest BCUT2D eigenvalue weighted by molar-refractivity contribution is -0.140. The SMILES string of the molecule is COC(=O)CCCCC(=O)N[C@@H](C)C(=O)N[C@H](C)C(=O)Nc1cc(COc2cc3c(cc2OC)C(O)N2c4ccccc4C[C@H]2C=N3)cc(COc2cc3c(cc2OC)C(=O)N2c4ccccc4C[C@H]2CN3)c1. The molecule has 0 spiro atoms. The number of aliphatic hydroxyl groups excluding tert-OH is 1. The molecule has 0 radical (unpaired) electrons. The molecule has 0 saturated carbocycles. The highest BCUT2D eigenvalue weighted by molar-refractivity contribution is 6.12. The Morgan fingerprint density at radius 2 is 1.40 bits per heavy atom. The van der Waals surface area contributed by atoms with Crippen molar-refractivity contribution in [2.75, 3.05) is 48.3 Å². The Morgan fingerprint density at radius 1 is 0.753 bits per heavy atom. The largest absolute Gasteiger partial charge is 0.493 e. The number of rotatable bonds is 18. The zero-order chi connectivity index (χ0) is 51.3. The van der Waals surface area contributed by atoms with E-state index in [1.165, 1.54) is 35.2 Å². The number of carbonyl (C=O) groups is 5. The number of anilines is 4. The van der Waals surface area contributed by atoms with Crippen molar-refractivity contribution in [3.8, 4) is 23.0 Å². The molecular formula is C55H59N7O11. The summed E-state index contributed by atoms with van der Waals surface area (Å²) in [4.78, 5) is 73.5. The number of esters is 1. The molecule has 0 aliphatic carbocycles. The Bertz CT molecular complexity index is 2980. The number of hydrogen-bond donors (Lipinski definition) is 5. The lowest BCUT2D eigenvalue weighted by Gasteiger charge is -2.29. The van der Waals surface area contributed by atoms with E-state index in [1.54, 1.807) is 36.4 Å². The van der Waals surface area contributed by atoms with Gasteiger partial charge in [0.15, 0.2) is 29.2 Å². The first-order valence-corrected chi connectivity index (χ1v) is 24.4. The molecular weight excluding hydrogens is 935 g/mol. The monoisotopic (exact) mass is 993 g/mol. The van der Waals surface area contributed by atoms with Crippen molar-refractivity contribution in [3.63, 3.8) is 0 Å². The Hall–Kier alpha value is -8.12. The van der Waals surface area contributed by atoms with Crippen LogP contribution in [0.4, 0.5) is 28.4 Å². The van der Waals surface area contributed by atoms with Crippen LogP contribution in [0.1, 0.15) is 83.9 Å². The van der Waals surface area contributed by atoms with E-state index in [-0.39, 0.29) is 55.9 Å². The topological polar surface area (TPSA) is 219 Å². The minimum atomic E-state index is -1.01. The average molecular weight is 994 g/mol. The molecule has 0 fully saturated rings. The summed E-state index contributed by atoms with van der Waals surface area (Å²) >= 11 is 0. The van der Waals surface area contributed by atoms with Crippen LogP contribution in [0.25, 0.3) is 0 Å². The highest BCUT2D eigenvalue weighted by atomic mass is 16.5. The van der Waals surface area contributed by atoms with Crippen LogP contribution >= 0.6 is 0 Å². The number of nitrogens with zero attached hydrogens (tertiary/aromatic N) is 3. The summed E-state index contributed by atoms with van der Waals surface area (Å²) in [6, 6.07) is 26.0. The van der Waals surface area contributed by atoms with Gasteiger partial charge in [-0.1, -0.05) is 36.4 Å². The van der Waals surface area contributed by atoms with Gasteiger partial charge in [0.05, 0.1) is 50.4 Å². The molecule has 73 heavy (non-hydrogen) atoms. The number of nitrogens with one attached hydrogen (secondary N) is 4. The molecule has 4 amide bonds. The van der Waals surface area contributed by atoms with Gasteiger partial charge in [0.1, 0.15) is 25.3 Å². The standard InChI is InChI=1S/C55H59N7O11/c1-31(58-50(63)16-10-11-17-51(64)71-5)52(65)59-32(2)53(66)60-37-19-33(29-72-48-25-42-40(23-46(48)69-3)54(67)61-38(27-56-42)21-35-12-6-8-14-44(35)61)18-34(20-37)30-73-49-26-43-41(24-47(49)70-4)55(68)62-39(28-57-43)22-36-13-7-9-15-45(36)62/h6-9,12-15,18-20,23-27,31-32,38-39,54,57,67H,10-11,16-17,21-22,28-30H2,1-5H3,(H,58,63)(H,59,65)(H,60,66)/t31-,32+,38-,39-,54?/m0/s1. The van der Waals surface area contributed by atoms with Crippen LogP contribution in [0, 0.1) is 0 Å². The van der Waals surface area contributed by atoms with E-state index in [2.05, 4.69) is 32.1 Å². The van der Waals surface area contributed by atoms with Gasteiger partial charge in [0.2, 0.25) is 17.7 Å². The molecule has 18 heteroatoms. The number of unbranched alkanes of at least 4 members (excludes halogenated alkanes) is 1. The summed E-state index contributed by atoms with van der Waals surface area (Å²) in [6.45, 7) is 3.59. The molecule has 4 aliphatic rings. The maximum Gasteiger partial charge on any atom is 0.305 e. The molecule has 4 aliphatic heterocycles. The molecule has 0 bridgehead atoms. The number of aliphatic imine (C=N–C) groups is 1. The van der Waals surface area contributed by atoms with Gasteiger partial charge in [0.25, 0.3) is 5.91 Å². The number of ether oxygens (including phenoxy) is 5. The zero-order valence-electron chi connectivity index (χ0n) is 41.4. The molecule has 5 atom stereocenters. The van der Waals surface area contributed by atoms with E-state index in [0.29, 0.717) is 88.1 Å². The van der Waals surface area contributed by atoms with E-state index in [1.807, 2.05) is 64.5 Å². The molecule has 4 heterocycles. The zero-order valence-corrected chi connectivity index (χ0v) is 41.4. The summed E-state index contributed by atoms with van der Waals surface area (Å²) in [5, 5.41) is 23.4. The number of methoxy groups -OCH3 is 3. The van der Waals surface area contributed by atoms with Crippen molar-refractivity contribution in [2.24, 2.45) is 4.99 Å². The number of amides is 4. The maximum absolute atomic E-state index is 14.1. The van der Waals surface area contributed by atoms with Gasteiger partial charge in [-0.3, -0.25) is 29.0 Å². The fourth-order valence-electron chi connectivity index (χ4n) is 9.77. The molecule has 1 unspecified atom stereocenters. The van der Waals surface area contributed by atoms with E-state index in [0.717, 1.165) is 28.9 Å². The van der Waals surface area contributed by atoms with Gasteiger partial charge >= 0.3 is 5.97 Å². The molecule has 9 rings (SSSR count). The van der Waals surface area contributed by atoms with Gasteiger partial charge < -0.3 is 59.9 Å². The van der Waals surface area contributed by atoms with E-state index < -0.39 is 30.1 Å². The third-order valence-electron chi connectivity index (χ3n) is 13.5. The quantitative estimate of drug-likeness (QED) is 0.0458. The number of fused-ring (bicyclic) bond motifs is 8. The van der Waals surface area contributed by atoms with E-state index >= 15 is 0 Å². The highest BCUT2D eigenvalue weighted by Crippen LogP contribution is 2.46. The van der Waals surface area contributed by atoms with Crippen LogP contribution < -0.4 is 50.0 Å². The second-order valence-electron chi connectivity index (χ2n) is 18.5. The van der Waals surface area contributed by atoms with Gasteiger partial charge in [-0.2, -0.15) is 0 Å².